The van der Waals surface area contributed by atoms with Crippen molar-refractivity contribution >= 4 is 11.8 Å². The van der Waals surface area contributed by atoms with Crippen molar-refractivity contribution in [3.63, 3.8) is 0 Å². The van der Waals surface area contributed by atoms with Gasteiger partial charge in [-0.05, 0) is 18.6 Å². The summed E-state index contributed by atoms with van der Waals surface area (Å²) in [7, 11) is 0. The highest BCUT2D eigenvalue weighted by atomic mass is 15.1. The normalized spacial score (nSPS) is 9.95. The third kappa shape index (κ3) is 4.10. The first kappa shape index (κ1) is 13.1. The fourth-order valence-electron chi connectivity index (χ4n) is 1.60. The first-order valence-electron chi connectivity index (χ1n) is 6.25. The quantitative estimate of drug-likeness (QED) is 0.778. The van der Waals surface area contributed by atoms with E-state index in [0.29, 0.717) is 12.5 Å². The molecule has 1 aromatic heterocycles. The molecule has 1 aromatic carbocycles. The Labute approximate surface area is 113 Å². The second-order valence-electron chi connectivity index (χ2n) is 4.27. The number of rotatable bonds is 6. The van der Waals surface area contributed by atoms with Crippen LogP contribution in [-0.2, 0) is 6.54 Å². The van der Waals surface area contributed by atoms with Crippen LogP contribution in [0.25, 0.3) is 0 Å². The van der Waals surface area contributed by atoms with E-state index in [2.05, 4.69) is 58.4 Å². The zero-order valence-corrected chi connectivity index (χ0v) is 11.1. The van der Waals surface area contributed by atoms with Crippen molar-refractivity contribution in [3.05, 3.63) is 60.3 Å². The molecule has 0 unspecified atom stereocenters. The highest BCUT2D eigenvalue weighted by Gasteiger charge is 1.98. The van der Waals surface area contributed by atoms with Gasteiger partial charge in [0.1, 0.15) is 5.82 Å². The maximum atomic E-state index is 4.36. The van der Waals surface area contributed by atoms with Gasteiger partial charge in [-0.15, -0.1) is 6.58 Å². The van der Waals surface area contributed by atoms with Gasteiger partial charge in [0.25, 0.3) is 0 Å². The molecule has 0 saturated carbocycles. The second-order valence-corrected chi connectivity index (χ2v) is 4.27. The lowest BCUT2D eigenvalue weighted by atomic mass is 10.1. The summed E-state index contributed by atoms with van der Waals surface area (Å²) in [5.41, 5.74) is 2.49. The number of aryl methyl sites for hydroxylation is 1. The summed E-state index contributed by atoms with van der Waals surface area (Å²) in [5.74, 6) is 1.41. The highest BCUT2D eigenvalue weighted by Crippen LogP contribution is 2.09. The van der Waals surface area contributed by atoms with Gasteiger partial charge in [-0.1, -0.05) is 35.9 Å². The lowest BCUT2D eigenvalue weighted by Gasteiger charge is -2.07. The van der Waals surface area contributed by atoms with Crippen molar-refractivity contribution in [2.75, 3.05) is 17.2 Å². The highest BCUT2D eigenvalue weighted by molar-refractivity contribution is 5.40. The SMILES string of the molecule is C=CCNc1nccc(NCc2ccc(C)cc2)n1. The molecule has 0 aliphatic rings. The van der Waals surface area contributed by atoms with Crippen molar-refractivity contribution in [2.45, 2.75) is 13.5 Å². The average Bonchev–Trinajstić information content (AvgIpc) is 2.45. The zero-order chi connectivity index (χ0) is 13.5. The standard InChI is InChI=1S/C15H18N4/c1-3-9-16-15-17-10-8-14(19-15)18-11-13-6-4-12(2)5-7-13/h3-8,10H,1,9,11H2,2H3,(H2,16,17,18,19). The van der Waals surface area contributed by atoms with Gasteiger partial charge in [0.15, 0.2) is 0 Å². The number of anilines is 2. The molecule has 19 heavy (non-hydrogen) atoms. The molecule has 98 valence electrons. The van der Waals surface area contributed by atoms with E-state index in [-0.39, 0.29) is 0 Å². The number of hydrogen-bond donors (Lipinski definition) is 2. The van der Waals surface area contributed by atoms with Gasteiger partial charge in [-0.2, -0.15) is 4.98 Å². The molecule has 2 N–H and O–H groups in total. The molecule has 0 atom stereocenters. The predicted molar refractivity (Wildman–Crippen MR) is 79.2 cm³/mol. The smallest absolute Gasteiger partial charge is 0.224 e. The predicted octanol–water partition coefficient (Wildman–Crippen LogP) is 3.00. The van der Waals surface area contributed by atoms with Crippen molar-refractivity contribution in [1.29, 1.82) is 0 Å². The summed E-state index contributed by atoms with van der Waals surface area (Å²) in [6, 6.07) is 10.3. The lowest BCUT2D eigenvalue weighted by molar-refractivity contribution is 1.07. The summed E-state index contributed by atoms with van der Waals surface area (Å²) in [5, 5.41) is 6.34. The maximum Gasteiger partial charge on any atom is 0.224 e. The van der Waals surface area contributed by atoms with Crippen molar-refractivity contribution in [3.8, 4) is 0 Å². The molecule has 0 spiro atoms. The van der Waals surface area contributed by atoms with Crippen LogP contribution in [-0.4, -0.2) is 16.5 Å². The van der Waals surface area contributed by atoms with Gasteiger partial charge < -0.3 is 10.6 Å². The third-order valence-electron chi connectivity index (χ3n) is 2.65. The number of benzene rings is 1. The molecule has 0 aliphatic heterocycles. The molecule has 2 rings (SSSR count). The maximum absolute atomic E-state index is 4.36. The first-order valence-corrected chi connectivity index (χ1v) is 6.25. The van der Waals surface area contributed by atoms with E-state index in [0.717, 1.165) is 12.4 Å². The molecule has 0 fully saturated rings. The molecule has 1 heterocycles. The fourth-order valence-corrected chi connectivity index (χ4v) is 1.60. The van der Waals surface area contributed by atoms with E-state index >= 15 is 0 Å². The number of nitrogens with one attached hydrogen (secondary N) is 2. The van der Waals surface area contributed by atoms with Gasteiger partial charge in [0.05, 0.1) is 0 Å². The molecular weight excluding hydrogens is 236 g/mol. The molecule has 0 aliphatic carbocycles. The van der Waals surface area contributed by atoms with Crippen LogP contribution in [0.4, 0.5) is 11.8 Å². The van der Waals surface area contributed by atoms with Gasteiger partial charge >= 0.3 is 0 Å². The number of hydrogen-bond acceptors (Lipinski definition) is 4. The van der Waals surface area contributed by atoms with Gasteiger partial charge in [-0.3, -0.25) is 0 Å². The van der Waals surface area contributed by atoms with Crippen LogP contribution in [0.2, 0.25) is 0 Å². The van der Waals surface area contributed by atoms with E-state index in [1.165, 1.54) is 11.1 Å². The van der Waals surface area contributed by atoms with E-state index in [1.807, 2.05) is 6.07 Å². The summed E-state index contributed by atoms with van der Waals surface area (Å²) in [4.78, 5) is 8.50. The van der Waals surface area contributed by atoms with Gasteiger partial charge in [0.2, 0.25) is 5.95 Å². The Morgan fingerprint density at radius 1 is 1.16 bits per heavy atom. The van der Waals surface area contributed by atoms with Gasteiger partial charge in [0, 0.05) is 19.3 Å². The van der Waals surface area contributed by atoms with Crippen molar-refractivity contribution in [1.82, 2.24) is 9.97 Å². The molecule has 4 heteroatoms. The Hall–Kier alpha value is -2.36. The molecule has 0 bridgehead atoms. The molecule has 0 amide bonds. The van der Waals surface area contributed by atoms with Crippen LogP contribution in [0.3, 0.4) is 0 Å². The third-order valence-corrected chi connectivity index (χ3v) is 2.65. The minimum atomic E-state index is 0.605. The van der Waals surface area contributed by atoms with E-state index < -0.39 is 0 Å². The summed E-state index contributed by atoms with van der Waals surface area (Å²) < 4.78 is 0. The van der Waals surface area contributed by atoms with Crippen molar-refractivity contribution < 1.29 is 0 Å². The average molecular weight is 254 g/mol. The minimum absolute atomic E-state index is 0.605. The second kappa shape index (κ2) is 6.54. The summed E-state index contributed by atoms with van der Waals surface area (Å²) in [6.45, 7) is 7.13. The molecule has 0 saturated heterocycles. The molecule has 0 radical (unpaired) electrons. The van der Waals surface area contributed by atoms with Crippen LogP contribution < -0.4 is 10.6 Å². The topological polar surface area (TPSA) is 49.8 Å². The fraction of sp³-hybridized carbons (Fsp3) is 0.200. The van der Waals surface area contributed by atoms with Crippen LogP contribution in [0, 0.1) is 6.92 Å². The minimum Gasteiger partial charge on any atom is -0.366 e. The number of nitrogens with zero attached hydrogens (tertiary/aromatic N) is 2. The van der Waals surface area contributed by atoms with Crippen molar-refractivity contribution in [2.24, 2.45) is 0 Å². The molecule has 4 nitrogen and oxygen atoms in total. The van der Waals surface area contributed by atoms with E-state index in [4.69, 9.17) is 0 Å². The van der Waals surface area contributed by atoms with Crippen LogP contribution in [0.15, 0.2) is 49.2 Å². The Balaban J connectivity index is 1.95. The molecule has 2 aromatic rings. The summed E-state index contributed by atoms with van der Waals surface area (Å²) in [6.07, 6.45) is 3.51. The van der Waals surface area contributed by atoms with Crippen LogP contribution >= 0.6 is 0 Å². The van der Waals surface area contributed by atoms with Crippen LogP contribution in [0.5, 0.6) is 0 Å². The number of aromatic nitrogens is 2. The Kier molecular flexibility index (Phi) is 4.50. The summed E-state index contributed by atoms with van der Waals surface area (Å²) >= 11 is 0. The van der Waals surface area contributed by atoms with Gasteiger partial charge in [-0.25, -0.2) is 4.98 Å². The monoisotopic (exact) mass is 254 g/mol. The first-order chi connectivity index (χ1) is 9.28. The Bertz CT molecular complexity index is 534. The zero-order valence-electron chi connectivity index (χ0n) is 11.1. The van der Waals surface area contributed by atoms with Crippen LogP contribution in [0.1, 0.15) is 11.1 Å². The molecular formula is C15H18N4. The van der Waals surface area contributed by atoms with E-state index in [9.17, 15) is 0 Å². The Morgan fingerprint density at radius 3 is 2.68 bits per heavy atom. The largest absolute Gasteiger partial charge is 0.366 e. The Morgan fingerprint density at radius 2 is 1.95 bits per heavy atom. The lowest BCUT2D eigenvalue weighted by Crippen LogP contribution is -2.06. The van der Waals surface area contributed by atoms with E-state index in [1.54, 1.807) is 12.3 Å².